The van der Waals surface area contributed by atoms with E-state index in [-0.39, 0.29) is 55.5 Å². The summed E-state index contributed by atoms with van der Waals surface area (Å²) in [6.07, 6.45) is 48.8. The van der Waals surface area contributed by atoms with Gasteiger partial charge in [-0.3, -0.25) is 9.59 Å². The lowest BCUT2D eigenvalue weighted by Gasteiger charge is -2.34. The quantitative estimate of drug-likeness (QED) is 0.0274. The van der Waals surface area contributed by atoms with Crippen LogP contribution in [-0.4, -0.2) is 75.5 Å². The molecule has 0 saturated heterocycles. The number of aliphatic carboxylic acids is 1. The number of esters is 2. The molecule has 0 aromatic heterocycles. The van der Waals surface area contributed by atoms with Crippen molar-refractivity contribution in [1.29, 1.82) is 0 Å². The van der Waals surface area contributed by atoms with Gasteiger partial charge in [0.25, 0.3) is 0 Å². The van der Waals surface area contributed by atoms with Gasteiger partial charge >= 0.3 is 11.9 Å². The molecule has 0 N–H and O–H groups in total. The van der Waals surface area contributed by atoms with Crippen molar-refractivity contribution in [3.63, 3.8) is 0 Å². The van der Waals surface area contributed by atoms with E-state index in [0.29, 0.717) is 12.8 Å². The second kappa shape index (κ2) is 37.2. The molecular formula is C47H75NO7. The smallest absolute Gasteiger partial charge is 0.306 e. The van der Waals surface area contributed by atoms with Crippen molar-refractivity contribution in [3.05, 3.63) is 97.2 Å². The molecule has 0 amide bonds. The topological polar surface area (TPSA) is 102 Å². The number of carboxylic acid groups (broad SMARTS) is 1. The minimum Gasteiger partial charge on any atom is -0.544 e. The Balaban J connectivity index is 4.48. The lowest BCUT2D eigenvalue weighted by Crippen LogP contribution is -2.55. The lowest BCUT2D eigenvalue weighted by molar-refractivity contribution is -0.889. The zero-order valence-corrected chi connectivity index (χ0v) is 35.0. The van der Waals surface area contributed by atoms with Crippen LogP contribution in [0.25, 0.3) is 0 Å². The monoisotopic (exact) mass is 766 g/mol. The molecule has 8 nitrogen and oxygen atoms in total. The molecule has 0 radical (unpaired) electrons. The van der Waals surface area contributed by atoms with Gasteiger partial charge in [0.1, 0.15) is 12.6 Å². The standard InChI is InChI=1S/C47H75NO7/c1-6-8-10-12-14-16-18-19-20-21-22-23-24-25-26-28-30-32-34-36-38-46(50)55-43(41-53-40-39-44(47(51)52)48(3,4)5)42-54-45(49)37-35-33-31-29-27-17-15-13-11-9-7-2/h8-11,14-17,19-20,22-23,25-26,29,31,43-44H,6-7,12-13,18,21,24,27-28,30,32-42H2,1-5H3/b10-8+,11-9+,16-14+,17-15+,20-19+,23-22+,26-25+,31-29+. The van der Waals surface area contributed by atoms with Gasteiger partial charge in [-0.1, -0.05) is 124 Å². The molecule has 0 rings (SSSR count). The number of hydrogen-bond donors (Lipinski definition) is 0. The molecule has 2 unspecified atom stereocenters. The van der Waals surface area contributed by atoms with Gasteiger partial charge in [-0.15, -0.1) is 0 Å². The largest absolute Gasteiger partial charge is 0.544 e. The first-order valence-electron chi connectivity index (χ1n) is 20.8. The Morgan fingerprint density at radius 3 is 1.45 bits per heavy atom. The van der Waals surface area contributed by atoms with Crippen LogP contribution in [0, 0.1) is 0 Å². The van der Waals surface area contributed by atoms with Gasteiger partial charge in [-0.25, -0.2) is 0 Å². The molecule has 0 aliphatic rings. The lowest BCUT2D eigenvalue weighted by atomic mass is 10.1. The van der Waals surface area contributed by atoms with Crippen molar-refractivity contribution < 1.29 is 38.2 Å². The second-order valence-electron chi connectivity index (χ2n) is 14.5. The van der Waals surface area contributed by atoms with Crippen LogP contribution in [0.1, 0.15) is 129 Å². The number of unbranched alkanes of at least 4 members (excludes halogenated alkanes) is 5. The maximum atomic E-state index is 12.7. The number of carbonyl (C=O) groups excluding carboxylic acids is 3. The third kappa shape index (κ3) is 35.7. The van der Waals surface area contributed by atoms with E-state index in [4.69, 9.17) is 14.2 Å². The van der Waals surface area contributed by atoms with Crippen LogP contribution in [0.3, 0.4) is 0 Å². The Kier molecular flexibility index (Phi) is 34.7. The highest BCUT2D eigenvalue weighted by Crippen LogP contribution is 2.11. The minimum absolute atomic E-state index is 0.00761. The summed E-state index contributed by atoms with van der Waals surface area (Å²) >= 11 is 0. The molecule has 0 aliphatic carbocycles. The first kappa shape index (κ1) is 51.2. The van der Waals surface area contributed by atoms with Gasteiger partial charge in [-0.2, -0.15) is 0 Å². The van der Waals surface area contributed by atoms with Crippen LogP contribution in [-0.2, 0) is 28.6 Å². The van der Waals surface area contributed by atoms with E-state index in [9.17, 15) is 19.5 Å². The van der Waals surface area contributed by atoms with Gasteiger partial charge < -0.3 is 28.6 Å². The molecule has 0 spiro atoms. The van der Waals surface area contributed by atoms with E-state index >= 15 is 0 Å². The maximum absolute atomic E-state index is 12.7. The molecule has 0 fully saturated rings. The summed E-state index contributed by atoms with van der Waals surface area (Å²) in [6, 6.07) is -0.743. The van der Waals surface area contributed by atoms with Crippen LogP contribution in [0.2, 0.25) is 0 Å². The summed E-state index contributed by atoms with van der Waals surface area (Å²) < 4.78 is 17.0. The number of carboxylic acids is 1. The third-order valence-electron chi connectivity index (χ3n) is 8.47. The molecule has 0 saturated carbocycles. The summed E-state index contributed by atoms with van der Waals surface area (Å²) in [4.78, 5) is 36.7. The van der Waals surface area contributed by atoms with E-state index in [1.165, 1.54) is 0 Å². The Morgan fingerprint density at radius 1 is 0.545 bits per heavy atom. The Labute approximate surface area is 335 Å². The summed E-state index contributed by atoms with van der Waals surface area (Å²) in [5.41, 5.74) is 0. The summed E-state index contributed by atoms with van der Waals surface area (Å²) in [6.45, 7) is 4.31. The van der Waals surface area contributed by atoms with E-state index in [1.807, 2.05) is 0 Å². The molecule has 2 atom stereocenters. The van der Waals surface area contributed by atoms with Crippen LogP contribution in [0.15, 0.2) is 97.2 Å². The Morgan fingerprint density at radius 2 is 0.982 bits per heavy atom. The normalized spacial score (nSPS) is 14.0. The van der Waals surface area contributed by atoms with Gasteiger partial charge in [0.15, 0.2) is 6.10 Å². The minimum atomic E-state index is -1.14. The summed E-state index contributed by atoms with van der Waals surface area (Å²) in [7, 11) is 5.36. The van der Waals surface area contributed by atoms with E-state index < -0.39 is 18.1 Å². The van der Waals surface area contributed by atoms with Crippen molar-refractivity contribution in [2.75, 3.05) is 41.0 Å². The van der Waals surface area contributed by atoms with Crippen molar-refractivity contribution in [3.8, 4) is 0 Å². The Bertz CT molecular complexity index is 1220. The molecule has 0 heterocycles. The number of rotatable bonds is 35. The fraction of sp³-hybridized carbons (Fsp3) is 0.596. The van der Waals surface area contributed by atoms with Crippen molar-refractivity contribution in [2.24, 2.45) is 0 Å². The molecule has 0 aliphatic heterocycles. The number of likely N-dealkylation sites (N-methyl/N-ethyl adjacent to an activating group) is 1. The number of quaternary nitrogens is 1. The maximum Gasteiger partial charge on any atom is 0.306 e. The van der Waals surface area contributed by atoms with Crippen LogP contribution in [0.5, 0.6) is 0 Å². The zero-order chi connectivity index (χ0) is 40.7. The average molecular weight is 766 g/mol. The SMILES string of the molecule is CC/C=C/C/C=C/C/C=C/C/C=C/C/C=C/CCCCCCC(=O)OC(COCCC(C(=O)[O-])[N+](C)(C)C)COC(=O)CCC/C=C/C/C=C/C/C=C/CC. The summed E-state index contributed by atoms with van der Waals surface area (Å²) in [5.74, 6) is -1.86. The predicted octanol–water partition coefficient (Wildman–Crippen LogP) is 9.79. The molecule has 310 valence electrons. The summed E-state index contributed by atoms with van der Waals surface area (Å²) in [5, 5.41) is 11.6. The zero-order valence-electron chi connectivity index (χ0n) is 35.0. The van der Waals surface area contributed by atoms with E-state index in [0.717, 1.165) is 83.5 Å². The van der Waals surface area contributed by atoms with Crippen molar-refractivity contribution in [1.82, 2.24) is 0 Å². The molecule has 0 aromatic carbocycles. The molecule has 55 heavy (non-hydrogen) atoms. The number of allylic oxidation sites excluding steroid dienone is 16. The molecule has 0 aromatic rings. The highest BCUT2D eigenvalue weighted by molar-refractivity contribution is 5.70. The predicted molar refractivity (Wildman–Crippen MR) is 226 cm³/mol. The van der Waals surface area contributed by atoms with Gasteiger partial charge in [-0.05, 0) is 83.5 Å². The van der Waals surface area contributed by atoms with Crippen LogP contribution < -0.4 is 5.11 Å². The third-order valence-corrected chi connectivity index (χ3v) is 8.47. The van der Waals surface area contributed by atoms with Crippen LogP contribution in [0.4, 0.5) is 0 Å². The first-order valence-corrected chi connectivity index (χ1v) is 20.8. The number of carbonyl (C=O) groups is 3. The average Bonchev–Trinajstić information content (AvgIpc) is 3.14. The van der Waals surface area contributed by atoms with Crippen molar-refractivity contribution in [2.45, 2.75) is 142 Å². The molecular weight excluding hydrogens is 691 g/mol. The van der Waals surface area contributed by atoms with Gasteiger partial charge in [0.2, 0.25) is 0 Å². The first-order chi connectivity index (χ1) is 26.6. The molecule has 0 bridgehead atoms. The van der Waals surface area contributed by atoms with Crippen molar-refractivity contribution >= 4 is 17.9 Å². The fourth-order valence-electron chi connectivity index (χ4n) is 5.29. The van der Waals surface area contributed by atoms with Crippen LogP contribution >= 0.6 is 0 Å². The fourth-order valence-corrected chi connectivity index (χ4v) is 5.29. The molecule has 8 heteroatoms. The highest BCUT2D eigenvalue weighted by Gasteiger charge is 2.25. The number of ether oxygens (including phenoxy) is 3. The van der Waals surface area contributed by atoms with Gasteiger partial charge in [0.05, 0.1) is 40.3 Å². The van der Waals surface area contributed by atoms with E-state index in [1.54, 1.807) is 21.1 Å². The second-order valence-corrected chi connectivity index (χ2v) is 14.5. The van der Waals surface area contributed by atoms with Gasteiger partial charge in [0, 0.05) is 19.3 Å². The van der Waals surface area contributed by atoms with E-state index in [2.05, 4.69) is 111 Å². The number of hydrogen-bond acceptors (Lipinski definition) is 7. The highest BCUT2D eigenvalue weighted by atomic mass is 16.6. The number of nitrogens with zero attached hydrogens (tertiary/aromatic N) is 1. The Hall–Kier alpha value is -3.75.